The topological polar surface area (TPSA) is 88.4 Å². The molecule has 0 bridgehead atoms. The van der Waals surface area contributed by atoms with Crippen molar-refractivity contribution >= 4 is 23.2 Å². The molecule has 0 saturated carbocycles. The van der Waals surface area contributed by atoms with Crippen LogP contribution < -0.4 is 5.32 Å². The zero-order valence-electron chi connectivity index (χ0n) is 10.1. The molecule has 1 aromatic heterocycles. The number of hydrogen-bond donors (Lipinski definition) is 1. The van der Waals surface area contributed by atoms with E-state index in [2.05, 4.69) is 10.3 Å². The molecule has 1 aliphatic heterocycles. The molecule has 1 fully saturated rings. The van der Waals surface area contributed by atoms with Crippen molar-refractivity contribution in [3.8, 4) is 0 Å². The summed E-state index contributed by atoms with van der Waals surface area (Å²) in [5.74, 6) is -0.375. The van der Waals surface area contributed by atoms with Crippen LogP contribution in [0.15, 0.2) is 12.3 Å². The second-order valence-electron chi connectivity index (χ2n) is 4.18. The van der Waals surface area contributed by atoms with Gasteiger partial charge in [-0.15, -0.1) is 0 Å². The Morgan fingerprint density at radius 2 is 2.26 bits per heavy atom. The predicted molar refractivity (Wildman–Crippen MR) is 69.3 cm³/mol. The molecule has 2 heterocycles. The molecule has 0 aromatic carbocycles. The van der Waals surface area contributed by atoms with Crippen molar-refractivity contribution in [2.45, 2.75) is 6.42 Å². The number of carbonyl (C=O) groups excluding carboxylic acids is 1. The van der Waals surface area contributed by atoms with Crippen molar-refractivity contribution in [3.05, 3.63) is 33.1 Å². The van der Waals surface area contributed by atoms with Crippen LogP contribution in [0.2, 0.25) is 5.15 Å². The van der Waals surface area contributed by atoms with Crippen molar-refractivity contribution in [1.82, 2.24) is 15.2 Å². The molecule has 0 spiro atoms. The highest BCUT2D eigenvalue weighted by Crippen LogP contribution is 2.22. The summed E-state index contributed by atoms with van der Waals surface area (Å²) in [6.07, 6.45) is 1.84. The summed E-state index contributed by atoms with van der Waals surface area (Å²) < 4.78 is 0. The number of nitrogens with zero attached hydrogens (tertiary/aromatic N) is 3. The monoisotopic (exact) mass is 284 g/mol. The van der Waals surface area contributed by atoms with Crippen LogP contribution in [0.1, 0.15) is 16.8 Å². The molecular weight excluding hydrogens is 272 g/mol. The van der Waals surface area contributed by atoms with Gasteiger partial charge in [-0.25, -0.2) is 4.98 Å². The SMILES string of the molecule is O=C(c1cc(Cl)ncc1[N+](=O)[O-])N1CCCNCC1. The van der Waals surface area contributed by atoms with Crippen molar-refractivity contribution in [2.75, 3.05) is 26.2 Å². The van der Waals surface area contributed by atoms with Gasteiger partial charge in [0.1, 0.15) is 16.9 Å². The van der Waals surface area contributed by atoms with E-state index >= 15 is 0 Å². The summed E-state index contributed by atoms with van der Waals surface area (Å²) in [4.78, 5) is 27.9. The lowest BCUT2D eigenvalue weighted by atomic mass is 10.2. The van der Waals surface area contributed by atoms with Crippen LogP contribution in [0, 0.1) is 10.1 Å². The van der Waals surface area contributed by atoms with Gasteiger partial charge < -0.3 is 10.2 Å². The van der Waals surface area contributed by atoms with E-state index in [1.54, 1.807) is 4.90 Å². The summed E-state index contributed by atoms with van der Waals surface area (Å²) in [6.45, 7) is 2.61. The zero-order valence-corrected chi connectivity index (χ0v) is 10.9. The fourth-order valence-corrected chi connectivity index (χ4v) is 2.12. The number of halogens is 1. The van der Waals surface area contributed by atoms with Gasteiger partial charge in [-0.1, -0.05) is 11.6 Å². The highest BCUT2D eigenvalue weighted by Gasteiger charge is 2.26. The first-order valence-corrected chi connectivity index (χ1v) is 6.27. The van der Waals surface area contributed by atoms with E-state index in [0.717, 1.165) is 19.2 Å². The predicted octanol–water partition coefficient (Wildman–Crippen LogP) is 1.08. The van der Waals surface area contributed by atoms with Gasteiger partial charge in [-0.2, -0.15) is 0 Å². The van der Waals surface area contributed by atoms with Crippen LogP contribution in [0.4, 0.5) is 5.69 Å². The van der Waals surface area contributed by atoms with Crippen LogP contribution in [0.25, 0.3) is 0 Å². The average Bonchev–Trinajstić information content (AvgIpc) is 2.66. The third-order valence-corrected chi connectivity index (χ3v) is 3.11. The molecule has 0 aliphatic carbocycles. The molecule has 2 rings (SSSR count). The first-order chi connectivity index (χ1) is 9.09. The van der Waals surface area contributed by atoms with Crippen LogP contribution in [0.5, 0.6) is 0 Å². The third kappa shape index (κ3) is 3.18. The van der Waals surface area contributed by atoms with Crippen molar-refractivity contribution in [1.29, 1.82) is 0 Å². The Morgan fingerprint density at radius 3 is 3.00 bits per heavy atom. The molecule has 7 nitrogen and oxygen atoms in total. The second-order valence-corrected chi connectivity index (χ2v) is 4.56. The number of hydrogen-bond acceptors (Lipinski definition) is 5. The third-order valence-electron chi connectivity index (χ3n) is 2.90. The summed E-state index contributed by atoms with van der Waals surface area (Å²) in [7, 11) is 0. The molecule has 1 amide bonds. The Hall–Kier alpha value is -1.73. The van der Waals surface area contributed by atoms with Gasteiger partial charge >= 0.3 is 0 Å². The highest BCUT2D eigenvalue weighted by atomic mass is 35.5. The molecule has 0 radical (unpaired) electrons. The molecule has 0 unspecified atom stereocenters. The Bertz CT molecular complexity index is 501. The second kappa shape index (κ2) is 5.94. The fourth-order valence-electron chi connectivity index (χ4n) is 1.96. The number of pyridine rings is 1. The fraction of sp³-hybridized carbons (Fsp3) is 0.455. The van der Waals surface area contributed by atoms with Gasteiger partial charge in [0.25, 0.3) is 11.6 Å². The molecule has 1 aliphatic rings. The molecule has 0 atom stereocenters. The lowest BCUT2D eigenvalue weighted by Crippen LogP contribution is -2.34. The summed E-state index contributed by atoms with van der Waals surface area (Å²) >= 11 is 5.72. The van der Waals surface area contributed by atoms with E-state index in [9.17, 15) is 14.9 Å². The summed E-state index contributed by atoms with van der Waals surface area (Å²) in [5.41, 5.74) is -0.321. The summed E-state index contributed by atoms with van der Waals surface area (Å²) in [5, 5.41) is 14.2. The Morgan fingerprint density at radius 1 is 1.47 bits per heavy atom. The summed E-state index contributed by atoms with van der Waals surface area (Å²) in [6, 6.07) is 1.25. The molecule has 19 heavy (non-hydrogen) atoms. The molecule has 102 valence electrons. The lowest BCUT2D eigenvalue weighted by Gasteiger charge is -2.19. The van der Waals surface area contributed by atoms with Gasteiger partial charge in [0.15, 0.2) is 0 Å². The van der Waals surface area contributed by atoms with Crippen molar-refractivity contribution < 1.29 is 9.72 Å². The largest absolute Gasteiger partial charge is 0.337 e. The number of rotatable bonds is 2. The number of carbonyl (C=O) groups is 1. The van der Waals surface area contributed by atoms with Crippen LogP contribution in [-0.2, 0) is 0 Å². The van der Waals surface area contributed by atoms with Gasteiger partial charge in [0.2, 0.25) is 0 Å². The van der Waals surface area contributed by atoms with Crippen molar-refractivity contribution in [3.63, 3.8) is 0 Å². The number of nitro groups is 1. The quantitative estimate of drug-likeness (QED) is 0.499. The van der Waals surface area contributed by atoms with Gasteiger partial charge in [0, 0.05) is 19.6 Å². The van der Waals surface area contributed by atoms with Gasteiger partial charge in [-0.3, -0.25) is 14.9 Å². The highest BCUT2D eigenvalue weighted by molar-refractivity contribution is 6.29. The smallest absolute Gasteiger partial charge is 0.300 e. The number of nitrogens with one attached hydrogen (secondary N) is 1. The maximum absolute atomic E-state index is 12.3. The minimum Gasteiger partial charge on any atom is -0.337 e. The molecular formula is C11H13ClN4O3. The maximum atomic E-state index is 12.3. The Kier molecular flexibility index (Phi) is 4.28. The molecule has 1 saturated heterocycles. The van der Waals surface area contributed by atoms with Crippen LogP contribution in [0.3, 0.4) is 0 Å². The average molecular weight is 285 g/mol. The van der Waals surface area contributed by atoms with E-state index in [1.165, 1.54) is 6.07 Å². The molecule has 1 N–H and O–H groups in total. The normalized spacial score (nSPS) is 15.9. The van der Waals surface area contributed by atoms with Gasteiger partial charge in [0.05, 0.1) is 4.92 Å². The van der Waals surface area contributed by atoms with Crippen LogP contribution >= 0.6 is 11.6 Å². The number of amides is 1. The number of aromatic nitrogens is 1. The molecule has 1 aromatic rings. The van der Waals surface area contributed by atoms with E-state index in [0.29, 0.717) is 19.6 Å². The van der Waals surface area contributed by atoms with Crippen LogP contribution in [-0.4, -0.2) is 46.9 Å². The maximum Gasteiger partial charge on any atom is 0.300 e. The van der Waals surface area contributed by atoms with Crippen molar-refractivity contribution in [2.24, 2.45) is 0 Å². The zero-order chi connectivity index (χ0) is 13.8. The minimum atomic E-state index is -0.618. The van der Waals surface area contributed by atoms with E-state index < -0.39 is 4.92 Å². The van der Waals surface area contributed by atoms with E-state index in [-0.39, 0.29) is 22.3 Å². The standard InChI is InChI=1S/C11H13ClN4O3/c12-10-6-8(9(7-14-10)16(18)19)11(17)15-4-1-2-13-3-5-15/h6-7,13H,1-5H2. The minimum absolute atomic E-state index is 0.00750. The first-order valence-electron chi connectivity index (χ1n) is 5.89. The first kappa shape index (κ1) is 13.7. The molecule has 8 heteroatoms. The van der Waals surface area contributed by atoms with Gasteiger partial charge in [-0.05, 0) is 19.0 Å². The van der Waals surface area contributed by atoms with E-state index in [1.807, 2.05) is 0 Å². The Balaban J connectivity index is 2.31. The Labute approximate surface area is 114 Å². The lowest BCUT2D eigenvalue weighted by molar-refractivity contribution is -0.385. The van der Waals surface area contributed by atoms with E-state index in [4.69, 9.17) is 11.6 Å².